The van der Waals surface area contributed by atoms with Crippen LogP contribution in [0, 0.1) is 20.8 Å². The Morgan fingerprint density at radius 2 is 1.81 bits per heavy atom. The summed E-state index contributed by atoms with van der Waals surface area (Å²) in [5, 5.41) is 0.783. The first kappa shape index (κ1) is 16.5. The minimum atomic E-state index is -0.0790. The van der Waals surface area contributed by atoms with Crippen LogP contribution in [-0.2, 0) is 0 Å². The third-order valence-electron chi connectivity index (χ3n) is 4.35. The molecule has 0 saturated heterocycles. The van der Waals surface area contributed by atoms with E-state index in [9.17, 15) is 4.79 Å². The zero-order valence-corrected chi connectivity index (χ0v) is 15.6. The number of aryl methyl sites for hydroxylation is 3. The van der Waals surface area contributed by atoms with Crippen molar-refractivity contribution in [3.05, 3.63) is 69.9 Å². The van der Waals surface area contributed by atoms with Crippen molar-refractivity contribution in [1.82, 2.24) is 4.98 Å². The van der Waals surface area contributed by atoms with E-state index in [4.69, 9.17) is 10.2 Å². The molecule has 4 aromatic rings. The van der Waals surface area contributed by atoms with Gasteiger partial charge in [-0.1, -0.05) is 29.8 Å². The van der Waals surface area contributed by atoms with Crippen molar-refractivity contribution in [3.63, 3.8) is 0 Å². The first-order valence-corrected chi connectivity index (χ1v) is 9.13. The zero-order chi connectivity index (χ0) is 18.4. The number of fused-ring (bicyclic) bond motifs is 1. The van der Waals surface area contributed by atoms with Gasteiger partial charge in [0.1, 0.15) is 21.2 Å². The van der Waals surface area contributed by atoms with Crippen LogP contribution in [0.2, 0.25) is 0 Å². The number of aromatic nitrogens is 1. The number of hydrogen-bond donors (Lipinski definition) is 1. The average molecular weight is 362 g/mol. The average Bonchev–Trinajstić information content (AvgIpc) is 3.18. The Labute approximate surface area is 155 Å². The molecule has 0 radical (unpaired) electrons. The maximum absolute atomic E-state index is 13.0. The molecular formula is C21H18N2O2S. The Morgan fingerprint density at radius 1 is 1.08 bits per heavy atom. The van der Waals surface area contributed by atoms with Crippen LogP contribution in [0.4, 0.5) is 5.69 Å². The SMILES string of the molecule is Cc1ccc(C(=O)c2sc3nc(C)cc(-c4ccc(C)o4)c3c2N)cc1. The van der Waals surface area contributed by atoms with Gasteiger partial charge in [-0.15, -0.1) is 11.3 Å². The number of nitrogens with two attached hydrogens (primary N) is 1. The van der Waals surface area contributed by atoms with Gasteiger partial charge < -0.3 is 10.2 Å². The van der Waals surface area contributed by atoms with Crippen LogP contribution in [0.25, 0.3) is 21.5 Å². The molecule has 0 unspecified atom stereocenters. The van der Waals surface area contributed by atoms with Crippen molar-refractivity contribution in [2.75, 3.05) is 5.73 Å². The second-order valence-corrected chi connectivity index (χ2v) is 7.44. The molecule has 0 aliphatic carbocycles. The number of ketones is 1. The van der Waals surface area contributed by atoms with Gasteiger partial charge in [0, 0.05) is 22.2 Å². The Hall–Kier alpha value is -2.92. The number of anilines is 1. The molecule has 5 heteroatoms. The van der Waals surface area contributed by atoms with Crippen LogP contribution in [0.3, 0.4) is 0 Å². The minimum Gasteiger partial charge on any atom is -0.461 e. The Kier molecular flexibility index (Phi) is 3.89. The summed E-state index contributed by atoms with van der Waals surface area (Å²) in [7, 11) is 0. The van der Waals surface area contributed by atoms with Crippen LogP contribution in [0.15, 0.2) is 46.9 Å². The van der Waals surface area contributed by atoms with Gasteiger partial charge >= 0.3 is 0 Å². The Balaban J connectivity index is 1.92. The van der Waals surface area contributed by atoms with Crippen LogP contribution in [0.5, 0.6) is 0 Å². The largest absolute Gasteiger partial charge is 0.461 e. The van der Waals surface area contributed by atoms with Crippen molar-refractivity contribution in [3.8, 4) is 11.3 Å². The summed E-state index contributed by atoms with van der Waals surface area (Å²) in [5.74, 6) is 1.48. The summed E-state index contributed by atoms with van der Waals surface area (Å²) >= 11 is 1.33. The molecule has 3 aromatic heterocycles. The lowest BCUT2D eigenvalue weighted by Crippen LogP contribution is -2.02. The van der Waals surface area contributed by atoms with E-state index in [0.717, 1.165) is 38.6 Å². The second-order valence-electron chi connectivity index (χ2n) is 6.44. The molecule has 3 heterocycles. The lowest BCUT2D eigenvalue weighted by atomic mass is 10.0. The minimum absolute atomic E-state index is 0.0790. The smallest absolute Gasteiger partial charge is 0.205 e. The molecule has 0 aliphatic heterocycles. The van der Waals surface area contributed by atoms with Gasteiger partial charge in [0.05, 0.1) is 5.69 Å². The maximum atomic E-state index is 13.0. The topological polar surface area (TPSA) is 69.1 Å². The first-order chi connectivity index (χ1) is 12.4. The van der Waals surface area contributed by atoms with Crippen molar-refractivity contribution >= 4 is 33.0 Å². The van der Waals surface area contributed by atoms with E-state index in [1.807, 2.05) is 63.2 Å². The monoisotopic (exact) mass is 362 g/mol. The highest BCUT2D eigenvalue weighted by atomic mass is 32.1. The fourth-order valence-electron chi connectivity index (χ4n) is 3.02. The predicted molar refractivity (Wildman–Crippen MR) is 106 cm³/mol. The van der Waals surface area contributed by atoms with Gasteiger partial charge in [-0.3, -0.25) is 4.79 Å². The van der Waals surface area contributed by atoms with E-state index in [-0.39, 0.29) is 5.78 Å². The summed E-state index contributed by atoms with van der Waals surface area (Å²) in [6, 6.07) is 13.3. The van der Waals surface area contributed by atoms with Crippen LogP contribution >= 0.6 is 11.3 Å². The van der Waals surface area contributed by atoms with Gasteiger partial charge in [-0.25, -0.2) is 4.98 Å². The zero-order valence-electron chi connectivity index (χ0n) is 14.8. The van der Waals surface area contributed by atoms with Crippen LogP contribution in [-0.4, -0.2) is 10.8 Å². The molecule has 130 valence electrons. The predicted octanol–water partition coefficient (Wildman–Crippen LogP) is 5.29. The van der Waals surface area contributed by atoms with Crippen molar-refractivity contribution in [2.45, 2.75) is 20.8 Å². The summed E-state index contributed by atoms with van der Waals surface area (Å²) < 4.78 is 5.79. The van der Waals surface area contributed by atoms with E-state index < -0.39 is 0 Å². The van der Waals surface area contributed by atoms with Gasteiger partial charge in [0.2, 0.25) is 5.78 Å². The molecule has 0 fully saturated rings. The van der Waals surface area contributed by atoms with Crippen molar-refractivity contribution in [2.24, 2.45) is 0 Å². The lowest BCUT2D eigenvalue weighted by Gasteiger charge is -2.04. The molecule has 0 aliphatic rings. The fourth-order valence-corrected chi connectivity index (χ4v) is 4.15. The molecule has 0 atom stereocenters. The van der Waals surface area contributed by atoms with E-state index in [1.54, 1.807) is 0 Å². The Bertz CT molecular complexity index is 1140. The molecule has 0 spiro atoms. The van der Waals surface area contributed by atoms with Crippen molar-refractivity contribution in [1.29, 1.82) is 0 Å². The van der Waals surface area contributed by atoms with Gasteiger partial charge in [-0.2, -0.15) is 0 Å². The summed E-state index contributed by atoms with van der Waals surface area (Å²) in [4.78, 5) is 18.8. The molecule has 26 heavy (non-hydrogen) atoms. The number of rotatable bonds is 3. The number of nitrogens with zero attached hydrogens (tertiary/aromatic N) is 1. The third kappa shape index (κ3) is 2.70. The third-order valence-corrected chi connectivity index (χ3v) is 5.45. The molecule has 4 nitrogen and oxygen atoms in total. The van der Waals surface area contributed by atoms with Gasteiger partial charge in [0.15, 0.2) is 0 Å². The molecule has 1 aromatic carbocycles. The number of carbonyl (C=O) groups is 1. The molecule has 0 bridgehead atoms. The van der Waals surface area contributed by atoms with E-state index in [1.165, 1.54) is 11.3 Å². The van der Waals surface area contributed by atoms with Gasteiger partial charge in [-0.05, 0) is 39.0 Å². The van der Waals surface area contributed by atoms with Crippen molar-refractivity contribution < 1.29 is 9.21 Å². The Morgan fingerprint density at radius 3 is 2.46 bits per heavy atom. The molecule has 2 N–H and O–H groups in total. The number of nitrogen functional groups attached to an aromatic ring is 1. The molecular weight excluding hydrogens is 344 g/mol. The lowest BCUT2D eigenvalue weighted by molar-refractivity contribution is 0.104. The summed E-state index contributed by atoms with van der Waals surface area (Å²) in [6.45, 7) is 5.82. The number of thiophene rings is 1. The second kappa shape index (κ2) is 6.11. The highest BCUT2D eigenvalue weighted by Gasteiger charge is 2.22. The normalized spacial score (nSPS) is 11.2. The standard InChI is InChI=1S/C21H18N2O2S/c1-11-4-7-14(8-5-11)19(24)20-18(22)17-15(16-9-6-13(3)25-16)10-12(2)23-21(17)26-20/h4-10H,22H2,1-3H3. The molecule has 0 saturated carbocycles. The number of hydrogen-bond acceptors (Lipinski definition) is 5. The first-order valence-electron chi connectivity index (χ1n) is 8.32. The van der Waals surface area contributed by atoms with Gasteiger partial charge in [0.25, 0.3) is 0 Å². The highest BCUT2D eigenvalue weighted by Crippen LogP contribution is 2.40. The number of benzene rings is 1. The van der Waals surface area contributed by atoms with E-state index in [0.29, 0.717) is 16.1 Å². The van der Waals surface area contributed by atoms with E-state index in [2.05, 4.69) is 4.98 Å². The van der Waals surface area contributed by atoms with Crippen LogP contribution < -0.4 is 5.73 Å². The summed E-state index contributed by atoms with van der Waals surface area (Å²) in [5.41, 5.74) is 10.3. The van der Waals surface area contributed by atoms with Crippen LogP contribution in [0.1, 0.15) is 32.3 Å². The number of carbonyl (C=O) groups excluding carboxylic acids is 1. The molecule has 0 amide bonds. The summed E-state index contributed by atoms with van der Waals surface area (Å²) in [6.07, 6.45) is 0. The quantitative estimate of drug-likeness (QED) is 0.502. The number of pyridine rings is 1. The fraction of sp³-hybridized carbons (Fsp3) is 0.143. The molecule has 4 rings (SSSR count). The highest BCUT2D eigenvalue weighted by molar-refractivity contribution is 7.21. The van der Waals surface area contributed by atoms with E-state index >= 15 is 0 Å². The number of furan rings is 1. The maximum Gasteiger partial charge on any atom is 0.205 e.